The Labute approximate surface area is 146 Å². The van der Waals surface area contributed by atoms with Gasteiger partial charge in [-0.1, -0.05) is 32.0 Å². The van der Waals surface area contributed by atoms with Crippen molar-refractivity contribution >= 4 is 5.91 Å². The molecule has 3 atom stereocenters. The van der Waals surface area contributed by atoms with Gasteiger partial charge in [0, 0.05) is 19.6 Å². The van der Waals surface area contributed by atoms with Crippen LogP contribution in [0.5, 0.6) is 5.75 Å². The van der Waals surface area contributed by atoms with E-state index in [9.17, 15) is 4.79 Å². The van der Waals surface area contributed by atoms with Crippen molar-refractivity contribution in [2.24, 2.45) is 11.8 Å². The second kappa shape index (κ2) is 9.07. The number of likely N-dealkylation sites (tertiary alicyclic amines) is 1. The Bertz CT molecular complexity index is 522. The summed E-state index contributed by atoms with van der Waals surface area (Å²) in [7, 11) is 0. The highest BCUT2D eigenvalue weighted by atomic mass is 16.5. The molecule has 1 aliphatic heterocycles. The molecule has 24 heavy (non-hydrogen) atoms. The van der Waals surface area contributed by atoms with Gasteiger partial charge in [0.2, 0.25) is 0 Å². The van der Waals surface area contributed by atoms with Crippen LogP contribution in [0.1, 0.15) is 39.2 Å². The molecule has 1 heterocycles. The third kappa shape index (κ3) is 5.82. The van der Waals surface area contributed by atoms with E-state index in [1.54, 1.807) is 6.92 Å². The van der Waals surface area contributed by atoms with Gasteiger partial charge in [-0.25, -0.2) is 0 Å². The van der Waals surface area contributed by atoms with Gasteiger partial charge in [-0.05, 0) is 56.7 Å². The van der Waals surface area contributed by atoms with Crippen molar-refractivity contribution in [3.05, 3.63) is 29.8 Å². The minimum atomic E-state index is -0.471. The number of aryl methyl sites for hydroxylation is 1. The van der Waals surface area contributed by atoms with Gasteiger partial charge in [0.25, 0.3) is 5.91 Å². The summed E-state index contributed by atoms with van der Waals surface area (Å²) in [6.07, 6.45) is 1.85. The summed E-state index contributed by atoms with van der Waals surface area (Å²) < 4.78 is 5.76. The van der Waals surface area contributed by atoms with E-state index in [1.165, 1.54) is 19.5 Å². The van der Waals surface area contributed by atoms with E-state index < -0.39 is 6.10 Å². The molecule has 4 heteroatoms. The number of nitrogens with zero attached hydrogens (tertiary/aromatic N) is 1. The molecule has 0 bridgehead atoms. The lowest BCUT2D eigenvalue weighted by molar-refractivity contribution is -0.127. The Morgan fingerprint density at radius 1 is 1.29 bits per heavy atom. The number of carbonyl (C=O) groups is 1. The van der Waals surface area contributed by atoms with Crippen LogP contribution < -0.4 is 10.1 Å². The molecule has 1 fully saturated rings. The molecule has 1 saturated heterocycles. The number of amides is 1. The van der Waals surface area contributed by atoms with Crippen molar-refractivity contribution in [1.29, 1.82) is 0 Å². The minimum absolute atomic E-state index is 0.0429. The Balaban J connectivity index is 1.66. The second-order valence-electron chi connectivity index (χ2n) is 7.38. The third-order valence-corrected chi connectivity index (χ3v) is 4.66. The molecule has 1 aliphatic rings. The van der Waals surface area contributed by atoms with Crippen LogP contribution in [0.3, 0.4) is 0 Å². The predicted octanol–water partition coefficient (Wildman–Crippen LogP) is 3.25. The van der Waals surface area contributed by atoms with Gasteiger partial charge in [0.15, 0.2) is 6.10 Å². The summed E-state index contributed by atoms with van der Waals surface area (Å²) in [6, 6.07) is 7.78. The number of hydrogen-bond acceptors (Lipinski definition) is 3. The summed E-state index contributed by atoms with van der Waals surface area (Å²) in [5.74, 6) is 2.30. The average molecular weight is 332 g/mol. The van der Waals surface area contributed by atoms with Gasteiger partial charge in [0.1, 0.15) is 5.75 Å². The maximum absolute atomic E-state index is 12.2. The second-order valence-corrected chi connectivity index (χ2v) is 7.38. The first-order valence-electron chi connectivity index (χ1n) is 9.18. The van der Waals surface area contributed by atoms with E-state index in [0.717, 1.165) is 36.1 Å². The van der Waals surface area contributed by atoms with E-state index in [4.69, 9.17) is 4.74 Å². The summed E-state index contributed by atoms with van der Waals surface area (Å²) in [6.45, 7) is 12.6. The number of hydrogen-bond donors (Lipinski definition) is 1. The number of nitrogens with one attached hydrogen (secondary N) is 1. The molecule has 0 spiro atoms. The lowest BCUT2D eigenvalue weighted by Crippen LogP contribution is -2.41. The molecular formula is C20H32N2O2. The van der Waals surface area contributed by atoms with Crippen LogP contribution in [-0.4, -0.2) is 43.1 Å². The van der Waals surface area contributed by atoms with E-state index in [2.05, 4.69) is 24.1 Å². The lowest BCUT2D eigenvalue weighted by atomic mass is 9.92. The molecule has 134 valence electrons. The highest BCUT2D eigenvalue weighted by molar-refractivity contribution is 5.80. The number of rotatable bonds is 7. The summed E-state index contributed by atoms with van der Waals surface area (Å²) in [5.41, 5.74) is 1.05. The van der Waals surface area contributed by atoms with Gasteiger partial charge >= 0.3 is 0 Å². The molecule has 1 aromatic carbocycles. The third-order valence-electron chi connectivity index (χ3n) is 4.66. The van der Waals surface area contributed by atoms with Crippen LogP contribution >= 0.6 is 0 Å². The van der Waals surface area contributed by atoms with Crippen LogP contribution in [0.15, 0.2) is 24.3 Å². The van der Waals surface area contributed by atoms with Gasteiger partial charge < -0.3 is 15.0 Å². The molecule has 1 N–H and O–H groups in total. The lowest BCUT2D eigenvalue weighted by Gasteiger charge is -2.34. The Kier molecular flexibility index (Phi) is 7.10. The Morgan fingerprint density at radius 2 is 1.96 bits per heavy atom. The monoisotopic (exact) mass is 332 g/mol. The van der Waals surface area contributed by atoms with E-state index in [-0.39, 0.29) is 5.91 Å². The fraction of sp³-hybridized carbons (Fsp3) is 0.650. The standard InChI is InChI=1S/C20H32N2O2/c1-15-12-16(2)14-22(13-15)11-7-10-21-20(23)18(4)24-19-9-6-5-8-17(19)3/h5-6,8-9,15-16,18H,7,10-14H2,1-4H3,(H,21,23)/t15-,16+,18-/m1/s1. The number of para-hydroxylation sites is 1. The zero-order chi connectivity index (χ0) is 17.5. The van der Waals surface area contributed by atoms with Crippen LogP contribution in [0.2, 0.25) is 0 Å². The SMILES string of the molecule is Cc1ccccc1O[C@H](C)C(=O)NCCCN1C[C@H](C)C[C@H](C)C1. The summed E-state index contributed by atoms with van der Waals surface area (Å²) in [5, 5.41) is 2.99. The van der Waals surface area contributed by atoms with E-state index in [0.29, 0.717) is 6.54 Å². The normalized spacial score (nSPS) is 22.8. The average Bonchev–Trinajstić information content (AvgIpc) is 2.52. The zero-order valence-electron chi connectivity index (χ0n) is 15.5. The van der Waals surface area contributed by atoms with Crippen LogP contribution in [-0.2, 0) is 4.79 Å². The smallest absolute Gasteiger partial charge is 0.260 e. The molecule has 4 nitrogen and oxygen atoms in total. The van der Waals surface area contributed by atoms with Crippen molar-refractivity contribution in [3.63, 3.8) is 0 Å². The minimum Gasteiger partial charge on any atom is -0.481 e. The molecule has 1 aromatic rings. The van der Waals surface area contributed by atoms with E-state index >= 15 is 0 Å². The fourth-order valence-corrected chi connectivity index (χ4v) is 3.57. The van der Waals surface area contributed by atoms with Gasteiger partial charge in [-0.15, -0.1) is 0 Å². The molecule has 2 rings (SSSR count). The predicted molar refractivity (Wildman–Crippen MR) is 98.3 cm³/mol. The largest absolute Gasteiger partial charge is 0.481 e. The number of ether oxygens (including phenoxy) is 1. The summed E-state index contributed by atoms with van der Waals surface area (Å²) in [4.78, 5) is 14.7. The van der Waals surface area contributed by atoms with Gasteiger partial charge in [-0.3, -0.25) is 4.79 Å². The maximum atomic E-state index is 12.2. The van der Waals surface area contributed by atoms with Gasteiger partial charge in [0.05, 0.1) is 0 Å². The molecule has 0 aliphatic carbocycles. The van der Waals surface area contributed by atoms with Crippen LogP contribution in [0.4, 0.5) is 0 Å². The highest BCUT2D eigenvalue weighted by Crippen LogP contribution is 2.21. The molecule has 0 unspecified atom stereocenters. The summed E-state index contributed by atoms with van der Waals surface area (Å²) >= 11 is 0. The Hall–Kier alpha value is -1.55. The molecular weight excluding hydrogens is 300 g/mol. The zero-order valence-corrected chi connectivity index (χ0v) is 15.5. The number of benzene rings is 1. The fourth-order valence-electron chi connectivity index (χ4n) is 3.57. The van der Waals surface area contributed by atoms with Crippen molar-refractivity contribution in [2.75, 3.05) is 26.2 Å². The van der Waals surface area contributed by atoms with Crippen LogP contribution in [0, 0.1) is 18.8 Å². The first-order chi connectivity index (χ1) is 11.5. The first kappa shape index (κ1) is 18.8. The molecule has 0 radical (unpaired) electrons. The molecule has 1 amide bonds. The van der Waals surface area contributed by atoms with Crippen molar-refractivity contribution < 1.29 is 9.53 Å². The molecule has 0 saturated carbocycles. The highest BCUT2D eigenvalue weighted by Gasteiger charge is 2.21. The first-order valence-corrected chi connectivity index (χ1v) is 9.18. The van der Waals surface area contributed by atoms with Gasteiger partial charge in [-0.2, -0.15) is 0 Å². The van der Waals surface area contributed by atoms with Crippen molar-refractivity contribution in [1.82, 2.24) is 10.2 Å². The topological polar surface area (TPSA) is 41.6 Å². The van der Waals surface area contributed by atoms with Crippen molar-refractivity contribution in [2.45, 2.75) is 46.6 Å². The van der Waals surface area contributed by atoms with Crippen molar-refractivity contribution in [3.8, 4) is 5.75 Å². The maximum Gasteiger partial charge on any atom is 0.260 e. The van der Waals surface area contributed by atoms with E-state index in [1.807, 2.05) is 31.2 Å². The number of piperidine rings is 1. The quantitative estimate of drug-likeness (QED) is 0.779. The molecule has 0 aromatic heterocycles. The van der Waals surface area contributed by atoms with Crippen LogP contribution in [0.25, 0.3) is 0 Å². The number of carbonyl (C=O) groups excluding carboxylic acids is 1. The Morgan fingerprint density at radius 3 is 2.62 bits per heavy atom.